The Balaban J connectivity index is 19.0. The van der Waals surface area contributed by atoms with Crippen molar-refractivity contribution in [2.45, 2.75) is 0 Å². The standard InChI is InChI=1S/B147P/c1-76(2)113(75)132(114(77(3)4)78(5)6)141(131(111(71)72)112(73)74)146(142(133(115(79(7)8)80(9)10)116(81(11)12)82(13)14)134(117(83(15)16)84(17)18)118(85(19)20)86(21)22)148(145(139(127(103(55)56)104(57)58)128(105(59)60)106(61)62)140(129(107(63)64)108(65)66)130(109(67)68)110(69)70)147(143(135(119(87(23)24)88(25)26)120(89(27)28)90(29)30)136(121(91(31)32)92(33)34)122(93(35)36)94(37)38)144(137(123(95(39)40)96(41)42)124(97(43)44)98(45)46)138(125(99(47)48)100(49)50)126(101(51)52)102(53)54. The molecule has 0 aromatic heterocycles. The van der Waals surface area contributed by atoms with Crippen LogP contribution in [0.15, 0.2) is 0 Å². The molecule has 0 spiro atoms. The van der Waals surface area contributed by atoms with Crippen LogP contribution >= 0.6 is 7.56 Å². The molecule has 1 atom stereocenters. The van der Waals surface area contributed by atoms with Crippen molar-refractivity contribution in [2.24, 2.45) is 0 Å². The van der Waals surface area contributed by atoms with Crippen LogP contribution in [0.25, 0.3) is 0 Å². The Morgan fingerprint density at radius 2 is 0.122 bits per heavy atom. The van der Waals surface area contributed by atoms with E-state index in [2.05, 4.69) is 0 Å². The van der Waals surface area contributed by atoms with E-state index < -0.39 is 467 Å². The second-order valence-electron chi connectivity index (χ2n) is 41.8. The van der Waals surface area contributed by atoms with Crippen LogP contribution in [-0.4, -0.2) is 1040 Å². The lowest BCUT2D eigenvalue weighted by atomic mass is 8.26. The molecule has 0 aliphatic heterocycles. The third kappa shape index (κ3) is 42.2. The van der Waals surface area contributed by atoms with Crippen molar-refractivity contribution in [1.29, 1.82) is 0 Å². The van der Waals surface area contributed by atoms with Gasteiger partial charge in [-0.25, -0.2) is 0 Å². The second-order valence-corrected chi connectivity index (χ2v) is 44.4. The van der Waals surface area contributed by atoms with E-state index in [1.165, 1.54) is 0 Å². The molecule has 0 saturated heterocycles. The van der Waals surface area contributed by atoms with E-state index in [0.29, 0.717) is 0 Å². The maximum absolute atomic E-state index is 8.18. The summed E-state index contributed by atoms with van der Waals surface area (Å²) in [4.78, 5) is 0. The van der Waals surface area contributed by atoms with Gasteiger partial charge in [0.05, 0.1) is 18.6 Å². The highest BCUT2D eigenvalue weighted by molar-refractivity contribution is 8.66. The van der Waals surface area contributed by atoms with Crippen molar-refractivity contribution in [3.8, 4) is 0 Å². The maximum Gasteiger partial charge on any atom is 0.0527 e. The second kappa shape index (κ2) is 72.8. The molecule has 148 heavy (non-hydrogen) atoms. The lowest BCUT2D eigenvalue weighted by molar-refractivity contribution is 3.16. The molecule has 0 aliphatic rings. The van der Waals surface area contributed by atoms with Crippen molar-refractivity contribution in [2.75, 3.05) is 0 Å². The molecule has 148 heteroatoms. The van der Waals surface area contributed by atoms with Gasteiger partial charge >= 0.3 is 0 Å². The molecule has 0 fully saturated rings. The van der Waals surface area contributed by atoms with Crippen molar-refractivity contribution in [1.82, 2.24) is 0 Å². The summed E-state index contributed by atoms with van der Waals surface area (Å²) in [5.74, 6) is 0. The van der Waals surface area contributed by atoms with E-state index in [1.807, 2.05) is 0 Å². The molecular formula is B147P. The van der Waals surface area contributed by atoms with Gasteiger partial charge in [0.1, 0.15) is 0 Å². The van der Waals surface area contributed by atoms with Crippen LogP contribution in [0, 0.1) is 0 Å². The smallest absolute Gasteiger partial charge is 0.0527 e. The fraction of sp³-hybridized carbons (Fsp3) is 0. The van der Waals surface area contributed by atoms with Crippen LogP contribution in [-0.2, 0) is 0 Å². The minimum Gasteiger partial charge on any atom is -0.253 e. The quantitative estimate of drug-likeness (QED) is 0.0421. The van der Waals surface area contributed by atoms with Gasteiger partial charge in [0.2, 0.25) is 0 Å². The first kappa shape index (κ1) is 158. The maximum atomic E-state index is 8.18. The normalized spacial score (nSPS) is 10.1. The third-order valence-electron chi connectivity index (χ3n) is 31.4. The molecule has 446 valence electrons. The number of rotatable bonds is 72. The molecule has 0 nitrogen and oxygen atoms in total. The molecular weight excluding hydrogens is 1620 g/mol. The summed E-state index contributed by atoms with van der Waals surface area (Å²) < 4.78 is 0. The summed E-state index contributed by atoms with van der Waals surface area (Å²) in [6.45, 7) is 0. The van der Waals surface area contributed by atoms with Crippen LogP contribution in [0.4, 0.5) is 0 Å². The fourth-order valence-electron chi connectivity index (χ4n) is 26.3. The summed E-state index contributed by atoms with van der Waals surface area (Å²) >= 11 is 0. The Bertz CT molecular complexity index is 2640. The average Bonchev–Trinajstić information content (AvgIpc) is 0.693. The van der Waals surface area contributed by atoms with E-state index in [-0.39, 0.29) is 0 Å². The molecule has 0 N–H and O–H groups in total. The van der Waals surface area contributed by atoms with E-state index in [9.17, 15) is 0 Å². The molecule has 150 radical (unpaired) electrons. The van der Waals surface area contributed by atoms with E-state index in [0.717, 1.165) is 0 Å². The summed E-state index contributed by atoms with van der Waals surface area (Å²) in [7, 11) is 566. The minimum absolute atomic E-state index is 2.17. The molecule has 0 heterocycles. The molecule has 0 rings (SSSR count). The molecule has 1 unspecified atom stereocenters. The number of hydrogen-bond acceptors (Lipinski definition) is 0. The van der Waals surface area contributed by atoms with Gasteiger partial charge < -0.3 is 0 Å². The zero-order chi connectivity index (χ0) is 117. The third-order valence-corrected chi connectivity index (χ3v) is 35.5. The lowest BCUT2D eigenvalue weighted by Crippen LogP contribution is -2.98. The van der Waals surface area contributed by atoms with Gasteiger partial charge in [-0.2, -0.15) is 0 Å². The highest BCUT2D eigenvalue weighted by Crippen LogP contribution is 2.55. The van der Waals surface area contributed by atoms with Crippen LogP contribution in [0.3, 0.4) is 0 Å². The molecule has 0 aromatic carbocycles. The van der Waals surface area contributed by atoms with Gasteiger partial charge in [0.25, 0.3) is 0 Å². The van der Waals surface area contributed by atoms with E-state index in [1.54, 1.807) is 0 Å². The first-order valence-electron chi connectivity index (χ1n) is 48.8. The zero-order valence-corrected chi connectivity index (χ0v) is 86.2. The van der Waals surface area contributed by atoms with Gasteiger partial charge in [-0.3, -0.25) is 7.56 Å². The SMILES string of the molecule is [B]B([B])B([B])B(B(B([B])[B])B([B])[B])B(B(B([B])[B])B([B])[B])B(B(B(B(B([B])[B])B([B])[B])B(B([B])[B])B([B])[B])B(B(B([B])[B])B([B])[B])B(B([B])[B])B([B])[B])P(B(B(B(B([B])[B])B([B])[B])B(B([B])[B])B([B])[B])B(B(B([B])[B])B([B])[B])B(B([B])[B])B([B])[B])B(B(B(B(B([B])[B])B([B])[B])B(B([B])[B])B([B])[B])B(B(B([B])[B])B([B])[B])B(B([B])[B])B([B])[B])B(B(B(B([B])[B])B([B])[B])B(B([B])[B])B([B])[B])B(B(B([B])[B])B([B])[B])B(B([B])[B])B([B])[B]. The first-order chi connectivity index (χ1) is 67.3. The van der Waals surface area contributed by atoms with Gasteiger partial charge in [0.15, 0.2) is 0 Å². The zero-order valence-electron chi connectivity index (χ0n) is 85.3. The molecule has 0 aliphatic carbocycles. The van der Waals surface area contributed by atoms with Crippen molar-refractivity contribution in [3.05, 3.63) is 0 Å². The van der Waals surface area contributed by atoms with Crippen LogP contribution in [0.2, 0.25) is 0 Å². The monoisotopic (exact) mass is 1650 g/mol. The van der Waals surface area contributed by atoms with Crippen LogP contribution < -0.4 is 0 Å². The van der Waals surface area contributed by atoms with Gasteiger partial charge in [-0.1, -0.05) is 0 Å². The molecule has 0 amide bonds. The Labute approximate surface area is 1030 Å². The fourth-order valence-corrected chi connectivity index (χ4v) is 32.3. The van der Waals surface area contributed by atoms with Crippen LogP contribution in [0.5, 0.6) is 0 Å². The highest BCUT2D eigenvalue weighted by atomic mass is 31.1. The lowest BCUT2D eigenvalue weighted by Gasteiger charge is -2.67. The van der Waals surface area contributed by atoms with Gasteiger partial charge in [-0.05, 0) is 0 Å². The topological polar surface area (TPSA) is 0 Å². The van der Waals surface area contributed by atoms with Gasteiger partial charge in [-0.15, -0.1) is 0 Å². The summed E-state index contributed by atoms with van der Waals surface area (Å²) in [6, 6.07) is 0. The predicted molar refractivity (Wildman–Crippen MR) is 853 cm³/mol. The minimum atomic E-state index is -4.86. The van der Waals surface area contributed by atoms with Crippen molar-refractivity contribution < 1.29 is 0 Å². The Morgan fingerprint density at radius 1 is 0.0608 bits per heavy atom. The molecule has 0 bridgehead atoms. The van der Waals surface area contributed by atoms with Crippen LogP contribution in [0.1, 0.15) is 0 Å². The molecule has 0 saturated carbocycles. The summed E-state index contributed by atoms with van der Waals surface area (Å²) in [6.07, 6.45) is -169. The largest absolute Gasteiger partial charge is 0.253 e. The molecule has 0 aromatic rings. The Morgan fingerprint density at radius 3 is 0.196 bits per heavy atom. The van der Waals surface area contributed by atoms with Crippen molar-refractivity contribution >= 4 is 1050 Å². The van der Waals surface area contributed by atoms with E-state index in [4.69, 9.17) is 580 Å². The summed E-state index contributed by atoms with van der Waals surface area (Å²) in [5.41, 5.74) is 0. The van der Waals surface area contributed by atoms with Gasteiger partial charge in [0, 0.05) is 1020 Å². The first-order valence-corrected chi connectivity index (χ1v) is 50.3. The Hall–Kier alpha value is 9.98. The van der Waals surface area contributed by atoms with Crippen molar-refractivity contribution in [3.63, 3.8) is 0 Å². The Kier molecular flexibility index (Phi) is 77.7. The highest BCUT2D eigenvalue weighted by Gasteiger charge is 2.73. The average molecular weight is 1620 g/mol. The number of hydrogen-bond donors (Lipinski definition) is 0. The summed E-state index contributed by atoms with van der Waals surface area (Å²) in [5, 5.41) is 0. The van der Waals surface area contributed by atoms with E-state index >= 15 is 0 Å². The predicted octanol–water partition coefficient (Wildman–Crippen LogP) is -55.1.